The van der Waals surface area contributed by atoms with Gasteiger partial charge in [0.15, 0.2) is 0 Å². The number of hydrogen-bond donors (Lipinski definition) is 0. The van der Waals surface area contributed by atoms with E-state index in [9.17, 15) is 4.79 Å². The summed E-state index contributed by atoms with van der Waals surface area (Å²) < 4.78 is 0. The third-order valence-corrected chi connectivity index (χ3v) is 3.26. The van der Waals surface area contributed by atoms with Crippen molar-refractivity contribution in [3.8, 4) is 0 Å². The molecule has 1 aromatic heterocycles. The van der Waals surface area contributed by atoms with Gasteiger partial charge in [-0.3, -0.25) is 9.78 Å². The first-order chi connectivity index (χ1) is 9.08. The fourth-order valence-corrected chi connectivity index (χ4v) is 2.19. The summed E-state index contributed by atoms with van der Waals surface area (Å²) >= 11 is 5.96. The average Bonchev–Trinajstić information content (AvgIpc) is 2.44. The van der Waals surface area contributed by atoms with E-state index in [1.807, 2.05) is 31.7 Å². The first kappa shape index (κ1) is 15.7. The second-order valence-corrected chi connectivity index (χ2v) is 4.67. The van der Waals surface area contributed by atoms with E-state index in [0.717, 1.165) is 24.2 Å². The second-order valence-electron chi connectivity index (χ2n) is 4.23. The molecule has 1 aromatic rings. The van der Waals surface area contributed by atoms with E-state index in [4.69, 9.17) is 11.6 Å². The van der Waals surface area contributed by atoms with E-state index in [1.54, 1.807) is 13.1 Å². The van der Waals surface area contributed by atoms with E-state index in [1.165, 1.54) is 5.57 Å². The van der Waals surface area contributed by atoms with Crippen molar-refractivity contribution in [1.82, 2.24) is 9.88 Å². The zero-order valence-corrected chi connectivity index (χ0v) is 12.8. The predicted molar refractivity (Wildman–Crippen MR) is 80.2 cm³/mol. The van der Waals surface area contributed by atoms with Crippen LogP contribution in [0.3, 0.4) is 0 Å². The molecule has 0 aliphatic carbocycles. The minimum Gasteiger partial charge on any atom is -0.339 e. The third kappa shape index (κ3) is 4.06. The van der Waals surface area contributed by atoms with Crippen LogP contribution in [-0.2, 0) is 4.79 Å². The molecule has 0 atom stereocenters. The minimum absolute atomic E-state index is 0.126. The van der Waals surface area contributed by atoms with Crippen molar-refractivity contribution in [2.75, 3.05) is 13.1 Å². The number of carbonyl (C=O) groups is 1. The van der Waals surface area contributed by atoms with Gasteiger partial charge in [-0.05, 0) is 25.0 Å². The highest BCUT2D eigenvalue weighted by Gasteiger charge is 2.16. The van der Waals surface area contributed by atoms with Gasteiger partial charge in [0.05, 0.1) is 5.02 Å². The molecular weight excluding hydrogens is 260 g/mol. The van der Waals surface area contributed by atoms with E-state index in [-0.39, 0.29) is 5.91 Å². The molecule has 0 spiro atoms. The lowest BCUT2D eigenvalue weighted by Crippen LogP contribution is -2.32. The molecule has 0 saturated heterocycles. The van der Waals surface area contributed by atoms with Crippen LogP contribution in [0, 0.1) is 6.92 Å². The van der Waals surface area contributed by atoms with E-state index < -0.39 is 0 Å². The summed E-state index contributed by atoms with van der Waals surface area (Å²) in [5.41, 5.74) is 3.31. The molecular formula is C15H21ClN2O. The molecule has 1 aliphatic rings. The normalized spacial score (nSPS) is 14.4. The Labute approximate surface area is 120 Å². The van der Waals surface area contributed by atoms with E-state index in [0.29, 0.717) is 11.6 Å². The molecule has 0 radical (unpaired) electrons. The van der Waals surface area contributed by atoms with Crippen LogP contribution in [0.1, 0.15) is 38.4 Å². The van der Waals surface area contributed by atoms with Crippen LogP contribution < -0.4 is 0 Å². The number of rotatable bonds is 1. The van der Waals surface area contributed by atoms with Gasteiger partial charge in [-0.1, -0.05) is 31.5 Å². The fraction of sp³-hybridized carbons (Fsp3) is 0.467. The van der Waals surface area contributed by atoms with Gasteiger partial charge >= 0.3 is 0 Å². The number of halogens is 1. The zero-order valence-electron chi connectivity index (χ0n) is 12.0. The Hall–Kier alpha value is -1.35. The molecule has 2 heterocycles. The molecule has 0 bridgehead atoms. The standard InChI is InChI=1S/C13H15ClN2O.C2H6/c1-9-13(7-12(14)8-15-9)11-3-5-16(6-4-11)10(2)17;1-2/h3,7-8H,4-6H2,1-2H3;1-2H3. The monoisotopic (exact) mass is 280 g/mol. The van der Waals surface area contributed by atoms with Gasteiger partial charge < -0.3 is 4.90 Å². The molecule has 1 aliphatic heterocycles. The highest BCUT2D eigenvalue weighted by molar-refractivity contribution is 6.30. The summed E-state index contributed by atoms with van der Waals surface area (Å²) in [5, 5.41) is 0.653. The number of aromatic nitrogens is 1. The van der Waals surface area contributed by atoms with Crippen molar-refractivity contribution in [3.63, 3.8) is 0 Å². The topological polar surface area (TPSA) is 33.2 Å². The van der Waals surface area contributed by atoms with Gasteiger partial charge in [-0.25, -0.2) is 0 Å². The molecule has 2 rings (SSSR count). The molecule has 0 fully saturated rings. The number of hydrogen-bond acceptors (Lipinski definition) is 2. The van der Waals surface area contributed by atoms with Crippen LogP contribution in [-0.4, -0.2) is 28.9 Å². The maximum atomic E-state index is 11.2. The zero-order chi connectivity index (χ0) is 14.4. The molecule has 4 heteroatoms. The summed E-state index contributed by atoms with van der Waals surface area (Å²) in [5.74, 6) is 0.126. The van der Waals surface area contributed by atoms with Gasteiger partial charge in [0, 0.05) is 37.5 Å². The molecule has 0 unspecified atom stereocenters. The highest BCUT2D eigenvalue weighted by Crippen LogP contribution is 2.26. The summed E-state index contributed by atoms with van der Waals surface area (Å²) in [6, 6.07) is 1.94. The number of amides is 1. The highest BCUT2D eigenvalue weighted by atomic mass is 35.5. The van der Waals surface area contributed by atoms with E-state index in [2.05, 4.69) is 11.1 Å². The first-order valence-electron chi connectivity index (χ1n) is 6.65. The van der Waals surface area contributed by atoms with Crippen LogP contribution >= 0.6 is 11.6 Å². The molecule has 0 aromatic carbocycles. The lowest BCUT2D eigenvalue weighted by atomic mass is 9.98. The van der Waals surface area contributed by atoms with Crippen molar-refractivity contribution in [1.29, 1.82) is 0 Å². The number of nitrogens with zero attached hydrogens (tertiary/aromatic N) is 2. The van der Waals surface area contributed by atoms with Crippen molar-refractivity contribution >= 4 is 23.1 Å². The van der Waals surface area contributed by atoms with Crippen LogP contribution in [0.15, 0.2) is 18.3 Å². The van der Waals surface area contributed by atoms with Gasteiger partial charge in [0.25, 0.3) is 0 Å². The molecule has 3 nitrogen and oxygen atoms in total. The molecule has 104 valence electrons. The van der Waals surface area contributed by atoms with Crippen LogP contribution in [0.2, 0.25) is 5.02 Å². The molecule has 19 heavy (non-hydrogen) atoms. The smallest absolute Gasteiger partial charge is 0.219 e. The Bertz CT molecular complexity index is 483. The lowest BCUT2D eigenvalue weighted by molar-refractivity contribution is -0.128. The fourth-order valence-electron chi connectivity index (χ4n) is 2.03. The predicted octanol–water partition coefficient (Wildman–Crippen LogP) is 3.71. The van der Waals surface area contributed by atoms with Crippen LogP contribution in [0.4, 0.5) is 0 Å². The van der Waals surface area contributed by atoms with Crippen molar-refractivity contribution in [2.45, 2.75) is 34.1 Å². The van der Waals surface area contributed by atoms with Gasteiger partial charge in [-0.15, -0.1) is 0 Å². The molecule has 0 saturated carbocycles. The Morgan fingerprint density at radius 3 is 2.63 bits per heavy atom. The Balaban J connectivity index is 0.000000861. The SMILES string of the molecule is CC.CC(=O)N1CC=C(c2cc(Cl)cnc2C)CC1. The van der Waals surface area contributed by atoms with Gasteiger partial charge in [-0.2, -0.15) is 0 Å². The Morgan fingerprint density at radius 2 is 2.11 bits per heavy atom. The van der Waals surface area contributed by atoms with Crippen molar-refractivity contribution in [2.24, 2.45) is 0 Å². The summed E-state index contributed by atoms with van der Waals surface area (Å²) in [4.78, 5) is 17.3. The molecule has 0 N–H and O–H groups in total. The quantitative estimate of drug-likeness (QED) is 0.786. The van der Waals surface area contributed by atoms with E-state index >= 15 is 0 Å². The van der Waals surface area contributed by atoms with Crippen molar-refractivity contribution < 1.29 is 4.79 Å². The first-order valence-corrected chi connectivity index (χ1v) is 7.03. The lowest BCUT2D eigenvalue weighted by Gasteiger charge is -2.25. The summed E-state index contributed by atoms with van der Waals surface area (Å²) in [6.07, 6.45) is 4.61. The van der Waals surface area contributed by atoms with Crippen LogP contribution in [0.5, 0.6) is 0 Å². The largest absolute Gasteiger partial charge is 0.339 e. The minimum atomic E-state index is 0.126. The van der Waals surface area contributed by atoms with Gasteiger partial charge in [0.2, 0.25) is 5.91 Å². The Morgan fingerprint density at radius 1 is 1.42 bits per heavy atom. The summed E-state index contributed by atoms with van der Waals surface area (Å²) in [7, 11) is 0. The van der Waals surface area contributed by atoms with Crippen molar-refractivity contribution in [3.05, 3.63) is 34.6 Å². The number of carbonyl (C=O) groups excluding carboxylic acids is 1. The maximum absolute atomic E-state index is 11.2. The summed E-state index contributed by atoms with van der Waals surface area (Å²) in [6.45, 7) is 9.03. The number of aryl methyl sites for hydroxylation is 1. The maximum Gasteiger partial charge on any atom is 0.219 e. The molecule has 1 amide bonds. The van der Waals surface area contributed by atoms with Crippen LogP contribution in [0.25, 0.3) is 5.57 Å². The number of pyridine rings is 1. The third-order valence-electron chi connectivity index (χ3n) is 3.05. The van der Waals surface area contributed by atoms with Gasteiger partial charge in [0.1, 0.15) is 0 Å². The average molecular weight is 281 g/mol. The Kier molecular flexibility index (Phi) is 6.03. The second kappa shape index (κ2) is 7.29.